The first-order valence-corrected chi connectivity index (χ1v) is 17.8. The number of fused-ring (bicyclic) bond motifs is 1. The lowest BCUT2D eigenvalue weighted by atomic mass is 9.86. The minimum Gasteiger partial charge on any atom is -0.496 e. The van der Waals surface area contributed by atoms with E-state index >= 15 is 0 Å². The second-order valence-corrected chi connectivity index (χ2v) is 11.3. The Balaban J connectivity index is 0.00000177. The molecule has 1 fully saturated rings. The van der Waals surface area contributed by atoms with Gasteiger partial charge in [0.1, 0.15) is 11.5 Å². The van der Waals surface area contributed by atoms with Gasteiger partial charge in [-0.25, -0.2) is 0 Å². The average molecular weight is 634 g/mol. The normalized spacial score (nSPS) is 17.7. The molecule has 4 rings (SSSR count). The van der Waals surface area contributed by atoms with E-state index in [1.165, 1.54) is 48.2 Å². The first-order valence-electron chi connectivity index (χ1n) is 17.8. The molecule has 2 atom stereocenters. The van der Waals surface area contributed by atoms with Crippen LogP contribution in [0, 0.1) is 0 Å². The van der Waals surface area contributed by atoms with Crippen molar-refractivity contribution in [1.29, 1.82) is 0 Å². The zero-order valence-electron chi connectivity index (χ0n) is 30.0. The van der Waals surface area contributed by atoms with E-state index in [4.69, 9.17) is 14.2 Å². The lowest BCUT2D eigenvalue weighted by molar-refractivity contribution is 0.134. The Morgan fingerprint density at radius 3 is 2.59 bits per heavy atom. The van der Waals surface area contributed by atoms with Crippen LogP contribution in [0.2, 0.25) is 0 Å². The van der Waals surface area contributed by atoms with Gasteiger partial charge in [-0.1, -0.05) is 77.6 Å². The smallest absolute Gasteiger partial charge is 0.123 e. The SMILES string of the molecule is C=C(COCCCOc1ccc([C@H]2CCNCC2NCc2ccc3c(c2)N(CCC)CCC3)cc1)/C(=C\C=C/C)OC.CC.CC. The molecule has 0 amide bonds. The third-order valence-electron chi connectivity index (χ3n) is 8.20. The molecule has 1 saturated heterocycles. The van der Waals surface area contributed by atoms with Crippen molar-refractivity contribution in [3.05, 3.63) is 95.3 Å². The van der Waals surface area contributed by atoms with Crippen molar-refractivity contribution in [1.82, 2.24) is 10.6 Å². The van der Waals surface area contributed by atoms with Crippen molar-refractivity contribution in [2.45, 2.75) is 92.2 Å². The van der Waals surface area contributed by atoms with Gasteiger partial charge >= 0.3 is 0 Å². The Kier molecular flexibility index (Phi) is 19.8. The summed E-state index contributed by atoms with van der Waals surface area (Å²) in [6, 6.07) is 16.2. The van der Waals surface area contributed by atoms with Gasteiger partial charge in [-0.05, 0) is 80.1 Å². The van der Waals surface area contributed by atoms with Gasteiger partial charge in [0.2, 0.25) is 0 Å². The summed E-state index contributed by atoms with van der Waals surface area (Å²) in [6.07, 6.45) is 11.4. The van der Waals surface area contributed by atoms with Crippen molar-refractivity contribution < 1.29 is 14.2 Å². The topological polar surface area (TPSA) is 55.0 Å². The Labute approximate surface area is 281 Å². The van der Waals surface area contributed by atoms with Crippen molar-refractivity contribution in [3.63, 3.8) is 0 Å². The van der Waals surface area contributed by atoms with Crippen LogP contribution in [0.15, 0.2) is 78.6 Å². The van der Waals surface area contributed by atoms with Crippen molar-refractivity contribution in [2.75, 3.05) is 58.0 Å². The molecule has 0 bridgehead atoms. The highest BCUT2D eigenvalue weighted by molar-refractivity contribution is 5.57. The predicted molar refractivity (Wildman–Crippen MR) is 197 cm³/mol. The second kappa shape index (κ2) is 23.3. The molecule has 0 radical (unpaired) electrons. The molecule has 1 unspecified atom stereocenters. The number of piperidine rings is 1. The molecule has 2 aromatic rings. The zero-order chi connectivity index (χ0) is 33.6. The molecule has 0 aliphatic carbocycles. The van der Waals surface area contributed by atoms with Crippen LogP contribution in [0.4, 0.5) is 5.69 Å². The molecule has 0 aromatic heterocycles. The summed E-state index contributed by atoms with van der Waals surface area (Å²) in [4.78, 5) is 2.57. The number of anilines is 1. The number of aryl methyl sites for hydroxylation is 1. The quantitative estimate of drug-likeness (QED) is 0.110. The number of nitrogens with one attached hydrogen (secondary N) is 2. The maximum atomic E-state index is 6.00. The Hall–Kier alpha value is -3.06. The van der Waals surface area contributed by atoms with Crippen LogP contribution in [0.3, 0.4) is 0 Å². The molecular formula is C40H63N3O3. The lowest BCUT2D eigenvalue weighted by Gasteiger charge is -2.34. The average Bonchev–Trinajstić information content (AvgIpc) is 3.11. The Morgan fingerprint density at radius 2 is 1.87 bits per heavy atom. The highest BCUT2D eigenvalue weighted by Gasteiger charge is 2.26. The molecule has 0 spiro atoms. The number of rotatable bonds is 16. The van der Waals surface area contributed by atoms with Crippen molar-refractivity contribution >= 4 is 5.69 Å². The largest absolute Gasteiger partial charge is 0.496 e. The fraction of sp³-hybridized carbons (Fsp3) is 0.550. The van der Waals surface area contributed by atoms with E-state index in [1.54, 1.807) is 7.11 Å². The van der Waals surface area contributed by atoms with Gasteiger partial charge in [0.25, 0.3) is 0 Å². The molecule has 2 aliphatic heterocycles. The standard InChI is InChI=1S/C36H51N3O3.2C2H6/c1-5-7-11-36(40-4)28(3)27-41-22-9-23-42-32-16-14-30(15-17-32)33-18-19-37-26-34(33)38-25-29-12-13-31-10-8-21-39(20-6-2)35(31)24-29;2*1-2/h5,7,11-17,24,33-34,37-38H,3,6,8-10,18-23,25-27H2,1-2,4H3;2*1-2H3/b7-5-,36-11+;;/t33-,34?;;/m1../s1. The number of hydrogen-bond acceptors (Lipinski definition) is 6. The summed E-state index contributed by atoms with van der Waals surface area (Å²) in [5.41, 5.74) is 6.54. The van der Waals surface area contributed by atoms with E-state index < -0.39 is 0 Å². The van der Waals surface area contributed by atoms with E-state index in [-0.39, 0.29) is 0 Å². The van der Waals surface area contributed by atoms with Crippen LogP contribution in [0.25, 0.3) is 0 Å². The molecule has 2 heterocycles. The van der Waals surface area contributed by atoms with Crippen LogP contribution in [-0.4, -0.2) is 59.2 Å². The minimum atomic E-state index is 0.395. The lowest BCUT2D eigenvalue weighted by Crippen LogP contribution is -2.47. The number of nitrogens with zero attached hydrogens (tertiary/aromatic N) is 1. The molecule has 6 nitrogen and oxygen atoms in total. The third kappa shape index (κ3) is 12.6. The first kappa shape index (κ1) is 39.1. The van der Waals surface area contributed by atoms with Crippen molar-refractivity contribution in [3.8, 4) is 5.75 Å². The summed E-state index contributed by atoms with van der Waals surface area (Å²) >= 11 is 0. The van der Waals surface area contributed by atoms with E-state index in [1.807, 2.05) is 52.8 Å². The number of allylic oxidation sites excluding steroid dienone is 3. The van der Waals surface area contributed by atoms with Crippen molar-refractivity contribution in [2.24, 2.45) is 0 Å². The number of ether oxygens (including phenoxy) is 3. The van der Waals surface area contributed by atoms with Crippen LogP contribution in [-0.2, 0) is 22.4 Å². The zero-order valence-corrected chi connectivity index (χ0v) is 30.0. The summed E-state index contributed by atoms with van der Waals surface area (Å²) in [5, 5.41) is 7.49. The fourth-order valence-electron chi connectivity index (χ4n) is 5.97. The van der Waals surface area contributed by atoms with Gasteiger partial charge in [-0.15, -0.1) is 0 Å². The highest BCUT2D eigenvalue weighted by atomic mass is 16.5. The van der Waals surface area contributed by atoms with Gasteiger partial charge in [0.15, 0.2) is 0 Å². The molecule has 2 aliphatic rings. The molecule has 2 N–H and O–H groups in total. The van der Waals surface area contributed by atoms with Gasteiger partial charge in [0, 0.05) is 55.8 Å². The molecule has 256 valence electrons. The maximum Gasteiger partial charge on any atom is 0.123 e. The summed E-state index contributed by atoms with van der Waals surface area (Å²) in [7, 11) is 1.65. The third-order valence-corrected chi connectivity index (χ3v) is 8.20. The Morgan fingerprint density at radius 1 is 1.09 bits per heavy atom. The highest BCUT2D eigenvalue weighted by Crippen LogP contribution is 2.30. The van der Waals surface area contributed by atoms with Crippen LogP contribution in [0.1, 0.15) is 89.8 Å². The fourth-order valence-corrected chi connectivity index (χ4v) is 5.97. The first-order chi connectivity index (χ1) is 22.6. The van der Waals surface area contributed by atoms with E-state index in [0.717, 1.165) is 56.1 Å². The molecule has 0 saturated carbocycles. The Bertz CT molecular complexity index is 1170. The van der Waals surface area contributed by atoms with Gasteiger partial charge in [0.05, 0.1) is 26.9 Å². The predicted octanol–water partition coefficient (Wildman–Crippen LogP) is 8.59. The van der Waals surface area contributed by atoms with Gasteiger partial charge < -0.3 is 29.7 Å². The maximum absolute atomic E-state index is 6.00. The number of methoxy groups -OCH3 is 1. The summed E-state index contributed by atoms with van der Waals surface area (Å²) in [5.74, 6) is 2.13. The van der Waals surface area contributed by atoms with E-state index in [9.17, 15) is 0 Å². The molecule has 6 heteroatoms. The molecular weight excluding hydrogens is 570 g/mol. The second-order valence-electron chi connectivity index (χ2n) is 11.3. The van der Waals surface area contributed by atoms with Crippen LogP contribution < -0.4 is 20.3 Å². The van der Waals surface area contributed by atoms with Gasteiger partial charge in [-0.2, -0.15) is 0 Å². The summed E-state index contributed by atoms with van der Waals surface area (Å²) < 4.78 is 17.1. The van der Waals surface area contributed by atoms with Gasteiger partial charge in [-0.3, -0.25) is 0 Å². The van der Waals surface area contributed by atoms with Crippen LogP contribution >= 0.6 is 0 Å². The number of benzene rings is 2. The summed E-state index contributed by atoms with van der Waals surface area (Å²) in [6.45, 7) is 23.2. The van der Waals surface area contributed by atoms with E-state index in [2.05, 4.69) is 71.5 Å². The van der Waals surface area contributed by atoms with Crippen LogP contribution in [0.5, 0.6) is 5.75 Å². The molecule has 2 aromatic carbocycles. The monoisotopic (exact) mass is 633 g/mol. The molecule has 46 heavy (non-hydrogen) atoms. The van der Waals surface area contributed by atoms with E-state index in [0.29, 0.717) is 31.8 Å². The number of hydrogen-bond donors (Lipinski definition) is 2. The minimum absolute atomic E-state index is 0.395.